The lowest BCUT2D eigenvalue weighted by atomic mass is 10.1. The number of carboxylic acid groups (broad SMARTS) is 1. The molecule has 0 atom stereocenters. The average molecular weight is 285 g/mol. The molecule has 2 N–H and O–H groups in total. The molecule has 6 nitrogen and oxygen atoms in total. The van der Waals surface area contributed by atoms with E-state index in [0.717, 1.165) is 0 Å². The molecule has 0 aromatic heterocycles. The molecular formula is C12H15NO5S. The van der Waals surface area contributed by atoms with Gasteiger partial charge < -0.3 is 10.2 Å². The standard InChI is InChI=1S/C12H15NO5S/c14-10-5-7-13(8-6-10)19(17,18)11-3-1-9(2-4-11)12(15)16/h1-4,10,14H,5-8H2,(H,15,16). The molecule has 0 aliphatic carbocycles. The number of hydrogen-bond acceptors (Lipinski definition) is 4. The maximum Gasteiger partial charge on any atom is 0.335 e. The zero-order valence-electron chi connectivity index (χ0n) is 10.2. The van der Waals surface area contributed by atoms with Crippen LogP contribution in [0.3, 0.4) is 0 Å². The molecule has 0 unspecified atom stereocenters. The summed E-state index contributed by atoms with van der Waals surface area (Å²) >= 11 is 0. The van der Waals surface area contributed by atoms with Gasteiger partial charge in [0.1, 0.15) is 0 Å². The fourth-order valence-corrected chi connectivity index (χ4v) is 3.47. The molecule has 7 heteroatoms. The molecule has 0 spiro atoms. The van der Waals surface area contributed by atoms with Gasteiger partial charge >= 0.3 is 5.97 Å². The van der Waals surface area contributed by atoms with E-state index in [0.29, 0.717) is 12.8 Å². The third kappa shape index (κ3) is 2.94. The van der Waals surface area contributed by atoms with Crippen molar-refractivity contribution in [1.29, 1.82) is 0 Å². The number of benzene rings is 1. The second-order valence-electron chi connectivity index (χ2n) is 4.46. The van der Waals surface area contributed by atoms with Gasteiger partial charge in [-0.15, -0.1) is 0 Å². The third-order valence-corrected chi connectivity index (χ3v) is 5.08. The fraction of sp³-hybridized carbons (Fsp3) is 0.417. The van der Waals surface area contributed by atoms with Gasteiger partial charge in [0.25, 0.3) is 0 Å². The maximum absolute atomic E-state index is 12.3. The highest BCUT2D eigenvalue weighted by Gasteiger charge is 2.28. The molecule has 1 aliphatic heterocycles. The molecule has 1 aromatic rings. The minimum Gasteiger partial charge on any atom is -0.478 e. The molecule has 19 heavy (non-hydrogen) atoms. The van der Waals surface area contributed by atoms with Gasteiger partial charge in [-0.2, -0.15) is 4.31 Å². The van der Waals surface area contributed by atoms with Crippen LogP contribution >= 0.6 is 0 Å². The SMILES string of the molecule is O=C(O)c1ccc(S(=O)(=O)N2CCC(O)CC2)cc1. The highest BCUT2D eigenvalue weighted by atomic mass is 32.2. The molecule has 1 aliphatic rings. The van der Waals surface area contributed by atoms with E-state index in [4.69, 9.17) is 5.11 Å². The predicted octanol–water partition coefficient (Wildman–Crippen LogP) is 0.530. The van der Waals surface area contributed by atoms with Crippen LogP contribution in [0.25, 0.3) is 0 Å². The molecule has 1 fully saturated rings. The molecule has 1 aromatic carbocycles. The molecule has 1 saturated heterocycles. The van der Waals surface area contributed by atoms with E-state index in [-0.39, 0.29) is 23.5 Å². The summed E-state index contributed by atoms with van der Waals surface area (Å²) in [6.07, 6.45) is 0.402. The van der Waals surface area contributed by atoms with Gasteiger partial charge in [-0.25, -0.2) is 13.2 Å². The van der Waals surface area contributed by atoms with Crippen molar-refractivity contribution in [2.75, 3.05) is 13.1 Å². The molecular weight excluding hydrogens is 270 g/mol. The maximum atomic E-state index is 12.3. The Labute approximate surface area is 111 Å². The number of aliphatic hydroxyl groups excluding tert-OH is 1. The summed E-state index contributed by atoms with van der Waals surface area (Å²) in [6, 6.07) is 5.13. The topological polar surface area (TPSA) is 94.9 Å². The molecule has 0 radical (unpaired) electrons. The number of aliphatic hydroxyl groups is 1. The van der Waals surface area contributed by atoms with Crippen LogP contribution in [0, 0.1) is 0 Å². The van der Waals surface area contributed by atoms with E-state index >= 15 is 0 Å². The Morgan fingerprint density at radius 2 is 1.68 bits per heavy atom. The summed E-state index contributed by atoms with van der Waals surface area (Å²) in [5.74, 6) is -1.09. The summed E-state index contributed by atoms with van der Waals surface area (Å²) in [5, 5.41) is 18.1. The van der Waals surface area contributed by atoms with E-state index in [1.165, 1.54) is 28.6 Å². The molecule has 0 amide bonds. The van der Waals surface area contributed by atoms with E-state index in [2.05, 4.69) is 0 Å². The van der Waals surface area contributed by atoms with E-state index in [1.807, 2.05) is 0 Å². The van der Waals surface area contributed by atoms with Crippen LogP contribution in [0.4, 0.5) is 0 Å². The normalized spacial score (nSPS) is 18.4. The number of carbonyl (C=O) groups is 1. The Bertz CT molecular complexity index is 558. The first-order valence-electron chi connectivity index (χ1n) is 5.93. The van der Waals surface area contributed by atoms with Gasteiger partial charge in [0.15, 0.2) is 0 Å². The minimum absolute atomic E-state index is 0.0491. The van der Waals surface area contributed by atoms with Crippen molar-refractivity contribution in [1.82, 2.24) is 4.31 Å². The molecule has 1 heterocycles. The minimum atomic E-state index is -3.60. The molecule has 104 valence electrons. The lowest BCUT2D eigenvalue weighted by molar-refractivity contribution is 0.0696. The van der Waals surface area contributed by atoms with Gasteiger partial charge in [-0.05, 0) is 37.1 Å². The van der Waals surface area contributed by atoms with Gasteiger partial charge in [-0.3, -0.25) is 0 Å². The van der Waals surface area contributed by atoms with Crippen molar-refractivity contribution in [2.24, 2.45) is 0 Å². The summed E-state index contributed by atoms with van der Waals surface area (Å²) < 4.78 is 25.9. The first-order chi connectivity index (χ1) is 8.91. The van der Waals surface area contributed by atoms with Gasteiger partial charge in [0.2, 0.25) is 10.0 Å². The number of sulfonamides is 1. The summed E-state index contributed by atoms with van der Waals surface area (Å²) in [6.45, 7) is 0.564. The number of aromatic carboxylic acids is 1. The third-order valence-electron chi connectivity index (χ3n) is 3.16. The number of hydrogen-bond donors (Lipinski definition) is 2. The highest BCUT2D eigenvalue weighted by molar-refractivity contribution is 7.89. The Kier molecular flexibility index (Phi) is 3.88. The zero-order chi connectivity index (χ0) is 14.0. The van der Waals surface area contributed by atoms with Crippen LogP contribution in [0.15, 0.2) is 29.2 Å². The number of rotatable bonds is 3. The monoisotopic (exact) mass is 285 g/mol. The van der Waals surface area contributed by atoms with Crippen molar-refractivity contribution in [2.45, 2.75) is 23.8 Å². The van der Waals surface area contributed by atoms with Crippen LogP contribution in [0.5, 0.6) is 0 Å². The Morgan fingerprint density at radius 1 is 1.16 bits per heavy atom. The lowest BCUT2D eigenvalue weighted by Gasteiger charge is -2.28. The molecule has 0 saturated carbocycles. The highest BCUT2D eigenvalue weighted by Crippen LogP contribution is 2.21. The molecule has 0 bridgehead atoms. The Hall–Kier alpha value is -1.44. The van der Waals surface area contributed by atoms with Gasteiger partial charge in [0.05, 0.1) is 16.6 Å². The Balaban J connectivity index is 2.22. The lowest BCUT2D eigenvalue weighted by Crippen LogP contribution is -2.39. The second-order valence-corrected chi connectivity index (χ2v) is 6.40. The van der Waals surface area contributed by atoms with Crippen molar-refractivity contribution < 1.29 is 23.4 Å². The average Bonchev–Trinajstić information content (AvgIpc) is 2.39. The van der Waals surface area contributed by atoms with Crippen LogP contribution in [-0.4, -0.2) is 48.1 Å². The Morgan fingerprint density at radius 3 is 2.16 bits per heavy atom. The smallest absolute Gasteiger partial charge is 0.335 e. The van der Waals surface area contributed by atoms with Crippen molar-refractivity contribution >= 4 is 16.0 Å². The van der Waals surface area contributed by atoms with E-state index in [9.17, 15) is 18.3 Å². The summed E-state index contributed by atoms with van der Waals surface area (Å²) in [7, 11) is -3.60. The van der Waals surface area contributed by atoms with Gasteiger partial charge in [0, 0.05) is 13.1 Å². The fourth-order valence-electron chi connectivity index (χ4n) is 2.00. The largest absolute Gasteiger partial charge is 0.478 e. The van der Waals surface area contributed by atoms with Crippen LogP contribution in [0.1, 0.15) is 23.2 Å². The van der Waals surface area contributed by atoms with E-state index < -0.39 is 22.1 Å². The van der Waals surface area contributed by atoms with Crippen LogP contribution in [0.2, 0.25) is 0 Å². The quantitative estimate of drug-likeness (QED) is 0.844. The van der Waals surface area contributed by atoms with Crippen molar-refractivity contribution in [3.63, 3.8) is 0 Å². The van der Waals surface area contributed by atoms with E-state index in [1.54, 1.807) is 0 Å². The summed E-state index contributed by atoms with van der Waals surface area (Å²) in [5.41, 5.74) is 0.0491. The van der Waals surface area contributed by atoms with Gasteiger partial charge in [-0.1, -0.05) is 0 Å². The second kappa shape index (κ2) is 5.28. The molecule has 2 rings (SSSR count). The first kappa shape index (κ1) is 14.0. The predicted molar refractivity (Wildman–Crippen MR) is 67.4 cm³/mol. The zero-order valence-corrected chi connectivity index (χ0v) is 11.0. The number of piperidine rings is 1. The van der Waals surface area contributed by atoms with Crippen LogP contribution in [-0.2, 0) is 10.0 Å². The first-order valence-corrected chi connectivity index (χ1v) is 7.37. The van der Waals surface area contributed by atoms with Crippen molar-refractivity contribution in [3.8, 4) is 0 Å². The number of carboxylic acids is 1. The van der Waals surface area contributed by atoms with Crippen LogP contribution < -0.4 is 0 Å². The summed E-state index contributed by atoms with van der Waals surface area (Å²) in [4.78, 5) is 10.8. The van der Waals surface area contributed by atoms with Crippen molar-refractivity contribution in [3.05, 3.63) is 29.8 Å². The number of nitrogens with zero attached hydrogens (tertiary/aromatic N) is 1.